The third kappa shape index (κ3) is 4.07. The lowest BCUT2D eigenvalue weighted by molar-refractivity contribution is -0.115. The molecule has 1 atom stereocenters. The largest absolute Gasteiger partial charge is 0.495 e. The SMILES string of the molecule is COc1ccc(Cl)cc1NC(=O)C(C)SC1=NCCS1. The molecular weight excluding hydrogens is 316 g/mol. The highest BCUT2D eigenvalue weighted by Gasteiger charge is 2.20. The summed E-state index contributed by atoms with van der Waals surface area (Å²) in [4.78, 5) is 16.5. The molecule has 4 nitrogen and oxygen atoms in total. The van der Waals surface area contributed by atoms with E-state index in [-0.39, 0.29) is 11.2 Å². The molecule has 0 saturated heterocycles. The van der Waals surface area contributed by atoms with Crippen molar-refractivity contribution in [3.05, 3.63) is 23.2 Å². The van der Waals surface area contributed by atoms with E-state index in [4.69, 9.17) is 16.3 Å². The topological polar surface area (TPSA) is 50.7 Å². The number of anilines is 1. The van der Waals surface area contributed by atoms with Gasteiger partial charge in [0.25, 0.3) is 0 Å². The van der Waals surface area contributed by atoms with Crippen molar-refractivity contribution in [2.24, 2.45) is 4.99 Å². The molecule has 0 bridgehead atoms. The zero-order chi connectivity index (χ0) is 14.5. The Hall–Kier alpha value is -0.850. The summed E-state index contributed by atoms with van der Waals surface area (Å²) < 4.78 is 6.18. The number of carbonyl (C=O) groups excluding carboxylic acids is 1. The number of hydrogen-bond donors (Lipinski definition) is 1. The fraction of sp³-hybridized carbons (Fsp3) is 0.385. The minimum Gasteiger partial charge on any atom is -0.495 e. The maximum absolute atomic E-state index is 12.2. The zero-order valence-electron chi connectivity index (χ0n) is 11.2. The molecule has 1 N–H and O–H groups in total. The molecule has 0 aliphatic carbocycles. The summed E-state index contributed by atoms with van der Waals surface area (Å²) in [5, 5.41) is 3.18. The van der Waals surface area contributed by atoms with Crippen LogP contribution in [0.25, 0.3) is 0 Å². The molecule has 1 unspecified atom stereocenters. The van der Waals surface area contributed by atoms with E-state index in [2.05, 4.69) is 10.3 Å². The first kappa shape index (κ1) is 15.5. The van der Waals surface area contributed by atoms with Gasteiger partial charge in [0.1, 0.15) is 10.1 Å². The predicted molar refractivity (Wildman–Crippen MR) is 88.4 cm³/mol. The van der Waals surface area contributed by atoms with Crippen LogP contribution in [0.5, 0.6) is 5.75 Å². The van der Waals surface area contributed by atoms with Crippen LogP contribution in [0, 0.1) is 0 Å². The first-order chi connectivity index (χ1) is 9.60. The van der Waals surface area contributed by atoms with E-state index in [1.807, 2.05) is 6.92 Å². The molecular formula is C13H15ClN2O2S2. The Morgan fingerprint density at radius 1 is 1.60 bits per heavy atom. The van der Waals surface area contributed by atoms with Gasteiger partial charge in [-0.2, -0.15) is 0 Å². The van der Waals surface area contributed by atoms with E-state index in [0.717, 1.165) is 16.7 Å². The third-order valence-electron chi connectivity index (χ3n) is 2.62. The van der Waals surface area contributed by atoms with E-state index in [0.29, 0.717) is 16.5 Å². The number of methoxy groups -OCH3 is 1. The second kappa shape index (κ2) is 7.24. The van der Waals surface area contributed by atoms with Gasteiger partial charge in [-0.25, -0.2) is 0 Å². The maximum Gasteiger partial charge on any atom is 0.237 e. The molecule has 0 saturated carbocycles. The van der Waals surface area contributed by atoms with Gasteiger partial charge < -0.3 is 10.1 Å². The van der Waals surface area contributed by atoms with E-state index < -0.39 is 0 Å². The van der Waals surface area contributed by atoms with Gasteiger partial charge in [0, 0.05) is 10.8 Å². The third-order valence-corrected chi connectivity index (χ3v) is 5.16. The molecule has 1 aromatic carbocycles. The standard InChI is InChI=1S/C13H15ClN2O2S2/c1-8(20-13-15-5-6-19-13)12(17)16-10-7-9(14)3-4-11(10)18-2/h3-4,7-8H,5-6H2,1-2H3,(H,16,17). The van der Waals surface area contributed by atoms with Gasteiger partial charge in [0.15, 0.2) is 0 Å². The highest BCUT2D eigenvalue weighted by Crippen LogP contribution is 2.30. The van der Waals surface area contributed by atoms with Gasteiger partial charge in [0.2, 0.25) is 5.91 Å². The van der Waals surface area contributed by atoms with E-state index in [9.17, 15) is 4.79 Å². The zero-order valence-corrected chi connectivity index (χ0v) is 13.6. The maximum atomic E-state index is 12.2. The molecule has 1 aromatic rings. The number of nitrogens with one attached hydrogen (secondary N) is 1. The minimum atomic E-state index is -0.219. The molecule has 1 aliphatic heterocycles. The summed E-state index contributed by atoms with van der Waals surface area (Å²) in [6.45, 7) is 2.70. The Labute approximate surface area is 131 Å². The van der Waals surface area contributed by atoms with Crippen molar-refractivity contribution in [3.8, 4) is 5.75 Å². The van der Waals surface area contributed by atoms with Crippen LogP contribution in [0.2, 0.25) is 5.02 Å². The molecule has 108 valence electrons. The van der Waals surface area contributed by atoms with Crippen molar-refractivity contribution in [3.63, 3.8) is 0 Å². The Morgan fingerprint density at radius 3 is 3.05 bits per heavy atom. The van der Waals surface area contributed by atoms with Gasteiger partial charge in [-0.05, 0) is 25.1 Å². The Morgan fingerprint density at radius 2 is 2.40 bits per heavy atom. The van der Waals surface area contributed by atoms with Crippen molar-refractivity contribution in [1.29, 1.82) is 0 Å². The summed E-state index contributed by atoms with van der Waals surface area (Å²) in [7, 11) is 1.56. The molecule has 0 aromatic heterocycles. The van der Waals surface area contributed by atoms with Crippen molar-refractivity contribution in [2.75, 3.05) is 24.7 Å². The number of ether oxygens (including phenoxy) is 1. The van der Waals surface area contributed by atoms with Crippen molar-refractivity contribution < 1.29 is 9.53 Å². The lowest BCUT2D eigenvalue weighted by Crippen LogP contribution is -2.23. The smallest absolute Gasteiger partial charge is 0.237 e. The average Bonchev–Trinajstić information content (AvgIpc) is 2.91. The number of benzene rings is 1. The molecule has 1 amide bonds. The molecule has 2 rings (SSSR count). The summed E-state index contributed by atoms with van der Waals surface area (Å²) >= 11 is 9.11. The van der Waals surface area contributed by atoms with E-state index >= 15 is 0 Å². The first-order valence-electron chi connectivity index (χ1n) is 6.08. The number of thioether (sulfide) groups is 2. The molecule has 20 heavy (non-hydrogen) atoms. The van der Waals surface area contributed by atoms with Crippen molar-refractivity contribution >= 4 is 51.1 Å². The monoisotopic (exact) mass is 330 g/mol. The molecule has 1 heterocycles. The van der Waals surface area contributed by atoms with Gasteiger partial charge in [0.05, 0.1) is 24.6 Å². The van der Waals surface area contributed by atoms with Crippen LogP contribution in [0.4, 0.5) is 5.69 Å². The van der Waals surface area contributed by atoms with Crippen molar-refractivity contribution in [1.82, 2.24) is 0 Å². The van der Waals surface area contributed by atoms with Gasteiger partial charge in [-0.3, -0.25) is 9.79 Å². The minimum absolute atomic E-state index is 0.0919. The van der Waals surface area contributed by atoms with Gasteiger partial charge >= 0.3 is 0 Å². The quantitative estimate of drug-likeness (QED) is 0.917. The number of nitrogens with zero attached hydrogens (tertiary/aromatic N) is 1. The van der Waals surface area contributed by atoms with Crippen LogP contribution in [-0.4, -0.2) is 34.9 Å². The number of rotatable bonds is 4. The van der Waals surface area contributed by atoms with Crippen LogP contribution < -0.4 is 10.1 Å². The van der Waals surface area contributed by atoms with E-state index in [1.165, 1.54) is 11.8 Å². The number of amides is 1. The first-order valence-corrected chi connectivity index (χ1v) is 8.33. The molecule has 0 spiro atoms. The molecule has 1 aliphatic rings. The Balaban J connectivity index is 2.01. The highest BCUT2D eigenvalue weighted by molar-refractivity contribution is 8.39. The fourth-order valence-corrected chi connectivity index (χ4v) is 3.91. The number of aliphatic imine (C=N–C) groups is 1. The normalized spacial score (nSPS) is 15.7. The second-order valence-electron chi connectivity index (χ2n) is 4.09. The van der Waals surface area contributed by atoms with Gasteiger partial charge in [-0.15, -0.1) is 0 Å². The lowest BCUT2D eigenvalue weighted by atomic mass is 10.3. The highest BCUT2D eigenvalue weighted by atomic mass is 35.5. The van der Waals surface area contributed by atoms with Crippen LogP contribution in [0.1, 0.15) is 6.92 Å². The van der Waals surface area contributed by atoms with E-state index in [1.54, 1.807) is 37.1 Å². The summed E-state index contributed by atoms with van der Waals surface area (Å²) in [5.74, 6) is 1.50. The Kier molecular flexibility index (Phi) is 5.63. The Bertz CT molecular complexity index is 537. The molecule has 7 heteroatoms. The van der Waals surface area contributed by atoms with Crippen LogP contribution in [0.3, 0.4) is 0 Å². The fourth-order valence-electron chi connectivity index (χ4n) is 1.60. The number of halogens is 1. The molecule has 0 radical (unpaired) electrons. The van der Waals surface area contributed by atoms with Crippen LogP contribution in [-0.2, 0) is 4.79 Å². The lowest BCUT2D eigenvalue weighted by Gasteiger charge is -2.14. The summed E-state index contributed by atoms with van der Waals surface area (Å²) in [6.07, 6.45) is 0. The summed E-state index contributed by atoms with van der Waals surface area (Å²) in [6, 6.07) is 5.13. The molecule has 0 fully saturated rings. The predicted octanol–water partition coefficient (Wildman–Crippen LogP) is 3.51. The second-order valence-corrected chi connectivity index (χ2v) is 7.20. The number of carbonyl (C=O) groups is 1. The summed E-state index contributed by atoms with van der Waals surface area (Å²) in [5.41, 5.74) is 0.582. The average molecular weight is 331 g/mol. The number of hydrogen-bond acceptors (Lipinski definition) is 5. The van der Waals surface area contributed by atoms with Crippen LogP contribution >= 0.6 is 35.1 Å². The van der Waals surface area contributed by atoms with Gasteiger partial charge in [-0.1, -0.05) is 35.1 Å². The van der Waals surface area contributed by atoms with Crippen molar-refractivity contribution in [2.45, 2.75) is 12.2 Å². The van der Waals surface area contributed by atoms with Crippen LogP contribution in [0.15, 0.2) is 23.2 Å².